The summed E-state index contributed by atoms with van der Waals surface area (Å²) in [4.78, 5) is 13.1. The summed E-state index contributed by atoms with van der Waals surface area (Å²) in [5.41, 5.74) is 1.04. The van der Waals surface area contributed by atoms with Gasteiger partial charge in [-0.2, -0.15) is 0 Å². The Labute approximate surface area is 244 Å². The van der Waals surface area contributed by atoms with Crippen molar-refractivity contribution in [2.75, 3.05) is 36.7 Å². The van der Waals surface area contributed by atoms with Crippen LogP contribution in [-0.4, -0.2) is 53.2 Å². The number of rotatable bonds is 21. The zero-order chi connectivity index (χ0) is 28.7. The minimum absolute atomic E-state index is 0.137. The second-order valence-electron chi connectivity index (χ2n) is 10.6. The molecule has 0 radical (unpaired) electrons. The van der Waals surface area contributed by atoms with Gasteiger partial charge in [0.1, 0.15) is 11.4 Å². The number of carbonyl (C=O) groups is 1. The van der Waals surface area contributed by atoms with Crippen molar-refractivity contribution >= 4 is 41.4 Å². The van der Waals surface area contributed by atoms with Gasteiger partial charge in [0.25, 0.3) is 0 Å². The lowest BCUT2D eigenvalue weighted by molar-refractivity contribution is 0.138. The number of fused-ring (bicyclic) bond motifs is 1. The molecule has 0 spiro atoms. The number of carboxylic acid groups (broad SMARTS) is 1. The van der Waals surface area contributed by atoms with Gasteiger partial charge in [0.15, 0.2) is 6.49 Å². The maximum Gasteiger partial charge on any atom is 0.415 e. The number of ether oxygens (including phenoxy) is 1. The first kappa shape index (κ1) is 34.3. The highest BCUT2D eigenvalue weighted by Crippen LogP contribution is 2.49. The molecule has 0 saturated heterocycles. The molecule has 2 rings (SSSR count). The van der Waals surface area contributed by atoms with Gasteiger partial charge in [-0.05, 0) is 58.4 Å². The molecule has 1 aromatic carbocycles. The number of nitrogens with one attached hydrogen (secondary N) is 1. The first-order valence-corrected chi connectivity index (χ1v) is 18.6. The fourth-order valence-electron chi connectivity index (χ4n) is 4.79. The molecule has 8 nitrogen and oxygen atoms in total. The number of unbranched alkanes of at least 4 members (excludes halogenated alkanes) is 9. The highest BCUT2D eigenvalue weighted by molar-refractivity contribution is 8.09. The minimum Gasteiger partial charge on any atom is -0.597 e. The van der Waals surface area contributed by atoms with Crippen LogP contribution in [0, 0.1) is 0 Å². The Balaban J connectivity index is 1.53. The largest absolute Gasteiger partial charge is 0.597 e. The topological polar surface area (TPSA) is 103 Å². The van der Waals surface area contributed by atoms with E-state index in [9.17, 15) is 14.5 Å². The second-order valence-corrected chi connectivity index (χ2v) is 15.7. The molecule has 0 saturated carbocycles. The third-order valence-corrected chi connectivity index (χ3v) is 11.0. The van der Waals surface area contributed by atoms with Crippen molar-refractivity contribution in [3.8, 4) is 5.75 Å². The number of para-hydroxylation sites is 1. The number of hydrogen-bond acceptors (Lipinski definition) is 7. The highest BCUT2D eigenvalue weighted by Gasteiger charge is 2.35. The molecule has 39 heavy (non-hydrogen) atoms. The molecule has 11 heteroatoms. The summed E-state index contributed by atoms with van der Waals surface area (Å²) in [5.74, 6) is 0.437. The summed E-state index contributed by atoms with van der Waals surface area (Å²) in [5, 5.41) is 9.78. The van der Waals surface area contributed by atoms with Gasteiger partial charge in [0.2, 0.25) is 5.88 Å². The zero-order valence-corrected chi connectivity index (χ0v) is 26.8. The first-order chi connectivity index (χ1) is 18.6. The van der Waals surface area contributed by atoms with Gasteiger partial charge in [-0.1, -0.05) is 63.5 Å². The monoisotopic (exact) mass is 604 g/mol. The normalized spacial score (nSPS) is 15.1. The van der Waals surface area contributed by atoms with Crippen LogP contribution in [0.4, 0.5) is 10.5 Å². The Morgan fingerprint density at radius 1 is 1.08 bits per heavy atom. The number of amides is 1. The molecule has 1 atom stereocenters. The molecule has 224 valence electrons. The van der Waals surface area contributed by atoms with E-state index in [0.29, 0.717) is 37.6 Å². The average molecular weight is 605 g/mol. The Morgan fingerprint density at radius 3 is 2.21 bits per heavy atom. The maximum atomic E-state index is 12.6. The predicted molar refractivity (Wildman–Crippen MR) is 165 cm³/mol. The maximum absolute atomic E-state index is 12.6. The quantitative estimate of drug-likeness (QED) is 0.0851. The lowest BCUT2D eigenvalue weighted by Gasteiger charge is -2.24. The number of nitrogens with zero attached hydrogens (tertiary/aromatic N) is 1. The number of hydrogen-bond donors (Lipinski definition) is 2. The van der Waals surface area contributed by atoms with Crippen molar-refractivity contribution in [2.45, 2.75) is 104 Å². The molecule has 0 bridgehead atoms. The Morgan fingerprint density at radius 2 is 1.64 bits per heavy atom. The molecular formula is C28H49N2O6PS2. The molecule has 1 heterocycles. The molecule has 0 fully saturated rings. The molecule has 1 aliphatic heterocycles. The van der Waals surface area contributed by atoms with Crippen molar-refractivity contribution in [1.29, 1.82) is 0 Å². The van der Waals surface area contributed by atoms with E-state index in [1.807, 2.05) is 39.8 Å². The molecular weight excluding hydrogens is 555 g/mol. The predicted octanol–water partition coefficient (Wildman–Crippen LogP) is 7.38. The van der Waals surface area contributed by atoms with Gasteiger partial charge in [-0.3, -0.25) is 0 Å². The van der Waals surface area contributed by atoms with Crippen LogP contribution < -0.4 is 14.4 Å². The second kappa shape index (κ2) is 17.8. The van der Waals surface area contributed by atoms with Crippen LogP contribution in [0.25, 0.3) is 0 Å². The summed E-state index contributed by atoms with van der Waals surface area (Å²) >= 11 is 4.09. The van der Waals surface area contributed by atoms with E-state index in [4.69, 9.17) is 25.6 Å². The van der Waals surface area contributed by atoms with E-state index in [1.165, 1.54) is 38.5 Å². The fraction of sp³-hybridized carbons (Fsp3) is 0.750. The third kappa shape index (κ3) is 12.7. The standard InChI is InChI=1S/C28H49N2O6PS2/c1-5-34-37(38,35-6-2)21-16-14-12-10-8-7-9-11-13-15-20-29-39(33)23-30(27(31)32)25-19-17-18-24-22-28(3,4)36-26(24)25/h17-19,29H,5-16,20-23H2,1-4H3,(H,31,32). The van der Waals surface area contributed by atoms with E-state index in [-0.39, 0.29) is 11.5 Å². The zero-order valence-electron chi connectivity index (χ0n) is 24.2. The van der Waals surface area contributed by atoms with E-state index >= 15 is 0 Å². The van der Waals surface area contributed by atoms with Crippen molar-refractivity contribution in [3.63, 3.8) is 0 Å². The van der Waals surface area contributed by atoms with Gasteiger partial charge in [-0.15, -0.1) is 4.72 Å². The fourth-order valence-corrected chi connectivity index (χ4v) is 8.49. The van der Waals surface area contributed by atoms with Crippen molar-refractivity contribution < 1.29 is 28.2 Å². The van der Waals surface area contributed by atoms with E-state index in [2.05, 4.69) is 4.72 Å². The van der Waals surface area contributed by atoms with Crippen molar-refractivity contribution in [1.82, 2.24) is 4.72 Å². The first-order valence-electron chi connectivity index (χ1n) is 14.4. The molecule has 0 aromatic heterocycles. The van der Waals surface area contributed by atoms with Gasteiger partial charge >= 0.3 is 6.09 Å². The summed E-state index contributed by atoms with van der Waals surface area (Å²) in [6.45, 7) is 7.69. The summed E-state index contributed by atoms with van der Waals surface area (Å²) < 4.78 is 33.0. The Kier molecular flexibility index (Phi) is 15.7. The van der Waals surface area contributed by atoms with Crippen molar-refractivity contribution in [3.05, 3.63) is 23.8 Å². The van der Waals surface area contributed by atoms with Crippen LogP contribution in [-0.2, 0) is 38.6 Å². The van der Waals surface area contributed by atoms with E-state index in [1.54, 1.807) is 6.07 Å². The summed E-state index contributed by atoms with van der Waals surface area (Å²) in [7, 11) is 0. The Hall–Kier alpha value is -0.870. The molecule has 1 aliphatic rings. The van der Waals surface area contributed by atoms with Crippen LogP contribution in [0.15, 0.2) is 18.2 Å². The van der Waals surface area contributed by atoms with Gasteiger partial charge in [-0.25, -0.2) is 9.69 Å². The summed E-state index contributed by atoms with van der Waals surface area (Å²) in [6, 6.07) is 5.48. The number of benzene rings is 1. The lowest BCUT2D eigenvalue weighted by Crippen LogP contribution is -2.40. The molecule has 0 aliphatic carbocycles. The minimum atomic E-state index is -2.06. The van der Waals surface area contributed by atoms with E-state index < -0.39 is 23.9 Å². The third-order valence-electron chi connectivity index (χ3n) is 6.61. The van der Waals surface area contributed by atoms with Gasteiger partial charge in [0.05, 0.1) is 30.3 Å². The van der Waals surface area contributed by atoms with Crippen molar-refractivity contribution in [2.24, 2.45) is 0 Å². The Bertz CT molecular complexity index is 910. The molecule has 1 aromatic rings. The van der Waals surface area contributed by atoms with Crippen LogP contribution >= 0.6 is 6.49 Å². The van der Waals surface area contributed by atoms with Gasteiger partial charge in [0, 0.05) is 24.7 Å². The molecule has 1 unspecified atom stereocenters. The van der Waals surface area contributed by atoms with Gasteiger partial charge < -0.3 is 23.4 Å². The SMILES string of the molecule is CCOP(=S)(CCCCCCCCCCCCN[S+]([O-])CN(C(=O)O)c1cccc2c1OC(C)(C)C2)OCC. The lowest BCUT2D eigenvalue weighted by atomic mass is 10.0. The summed E-state index contributed by atoms with van der Waals surface area (Å²) in [6.07, 6.45) is 12.0. The van der Waals surface area contributed by atoms with Crippen LogP contribution in [0.1, 0.15) is 97.5 Å². The molecule has 2 N–H and O–H groups in total. The van der Waals surface area contributed by atoms with Crippen LogP contribution in [0.2, 0.25) is 0 Å². The highest BCUT2D eigenvalue weighted by atomic mass is 32.5. The average Bonchev–Trinajstić information content (AvgIpc) is 3.19. The van der Waals surface area contributed by atoms with E-state index in [0.717, 1.165) is 42.3 Å². The molecule has 1 amide bonds. The van der Waals surface area contributed by atoms with Crippen LogP contribution in [0.5, 0.6) is 5.75 Å². The van der Waals surface area contributed by atoms with Crippen LogP contribution in [0.3, 0.4) is 0 Å². The number of anilines is 1. The smallest absolute Gasteiger partial charge is 0.415 e.